The molecule has 112 valence electrons. The van der Waals surface area contributed by atoms with Gasteiger partial charge < -0.3 is 10.6 Å². The van der Waals surface area contributed by atoms with Gasteiger partial charge in [0.1, 0.15) is 6.54 Å². The van der Waals surface area contributed by atoms with Gasteiger partial charge in [-0.15, -0.1) is 5.10 Å². The smallest absolute Gasteiger partial charge is 0.242 e. The molecule has 1 aromatic heterocycles. The third kappa shape index (κ3) is 4.27. The summed E-state index contributed by atoms with van der Waals surface area (Å²) in [6.45, 7) is 3.49. The van der Waals surface area contributed by atoms with Gasteiger partial charge in [-0.25, -0.2) is 13.1 Å². The van der Waals surface area contributed by atoms with E-state index < -0.39 is 9.84 Å². The van der Waals surface area contributed by atoms with Gasteiger partial charge in [0.25, 0.3) is 0 Å². The molecule has 1 aliphatic heterocycles. The number of sulfone groups is 1. The van der Waals surface area contributed by atoms with E-state index in [-0.39, 0.29) is 30.0 Å². The van der Waals surface area contributed by atoms with Gasteiger partial charge in [-0.2, -0.15) is 0 Å². The van der Waals surface area contributed by atoms with E-state index in [1.165, 1.54) is 4.68 Å². The average molecular weight is 301 g/mol. The van der Waals surface area contributed by atoms with Crippen molar-refractivity contribution >= 4 is 15.7 Å². The van der Waals surface area contributed by atoms with Gasteiger partial charge in [-0.3, -0.25) is 4.79 Å². The minimum absolute atomic E-state index is 0.0295. The Kier molecular flexibility index (Phi) is 4.71. The Morgan fingerprint density at radius 3 is 3.00 bits per heavy atom. The minimum Gasteiger partial charge on any atom is -0.351 e. The van der Waals surface area contributed by atoms with Crippen LogP contribution in [0.15, 0.2) is 6.20 Å². The van der Waals surface area contributed by atoms with E-state index in [2.05, 4.69) is 20.9 Å². The topological polar surface area (TPSA) is 106 Å². The lowest BCUT2D eigenvalue weighted by Crippen LogP contribution is -2.37. The molecule has 1 unspecified atom stereocenters. The van der Waals surface area contributed by atoms with Crippen LogP contribution in [0.1, 0.15) is 19.0 Å². The van der Waals surface area contributed by atoms with Gasteiger partial charge in [-0.05, 0) is 13.0 Å². The van der Waals surface area contributed by atoms with Gasteiger partial charge >= 0.3 is 0 Å². The molecule has 0 radical (unpaired) electrons. The normalized spacial score (nSPS) is 20.9. The maximum atomic E-state index is 11.8. The molecule has 1 fully saturated rings. The quantitative estimate of drug-likeness (QED) is 0.676. The van der Waals surface area contributed by atoms with Crippen molar-refractivity contribution in [1.82, 2.24) is 25.6 Å². The van der Waals surface area contributed by atoms with Gasteiger partial charge in [0.2, 0.25) is 5.91 Å². The molecule has 1 aromatic rings. The van der Waals surface area contributed by atoms with Crippen molar-refractivity contribution in [3.8, 4) is 0 Å². The maximum Gasteiger partial charge on any atom is 0.242 e. The van der Waals surface area contributed by atoms with Crippen molar-refractivity contribution in [2.75, 3.05) is 18.1 Å². The fourth-order valence-corrected chi connectivity index (χ4v) is 3.75. The van der Waals surface area contributed by atoms with Crippen LogP contribution in [0.2, 0.25) is 0 Å². The van der Waals surface area contributed by atoms with Crippen molar-refractivity contribution in [2.45, 2.75) is 32.5 Å². The van der Waals surface area contributed by atoms with Gasteiger partial charge in [0.05, 0.1) is 23.4 Å². The zero-order valence-electron chi connectivity index (χ0n) is 11.4. The van der Waals surface area contributed by atoms with Gasteiger partial charge in [0.15, 0.2) is 9.84 Å². The summed E-state index contributed by atoms with van der Waals surface area (Å²) in [5.74, 6) is -0.0671. The zero-order valence-corrected chi connectivity index (χ0v) is 12.2. The monoisotopic (exact) mass is 301 g/mol. The molecule has 2 N–H and O–H groups in total. The highest BCUT2D eigenvalue weighted by Crippen LogP contribution is 2.11. The Balaban J connectivity index is 1.81. The summed E-state index contributed by atoms with van der Waals surface area (Å²) < 4.78 is 24.0. The van der Waals surface area contributed by atoms with Gasteiger partial charge in [-0.1, -0.05) is 12.1 Å². The summed E-state index contributed by atoms with van der Waals surface area (Å²) in [5, 5.41) is 13.6. The predicted octanol–water partition coefficient (Wildman–Crippen LogP) is -1.31. The molecule has 1 saturated heterocycles. The second kappa shape index (κ2) is 6.31. The van der Waals surface area contributed by atoms with E-state index in [1.54, 1.807) is 6.20 Å². The van der Waals surface area contributed by atoms with Crippen LogP contribution in [0.3, 0.4) is 0 Å². The predicted molar refractivity (Wildman–Crippen MR) is 72.6 cm³/mol. The maximum absolute atomic E-state index is 11.8. The molecule has 8 nitrogen and oxygen atoms in total. The van der Waals surface area contributed by atoms with Crippen LogP contribution in [0.25, 0.3) is 0 Å². The van der Waals surface area contributed by atoms with Crippen LogP contribution in [0.5, 0.6) is 0 Å². The molecule has 20 heavy (non-hydrogen) atoms. The van der Waals surface area contributed by atoms with Crippen LogP contribution in [0, 0.1) is 0 Å². The number of hydrogen-bond acceptors (Lipinski definition) is 6. The van der Waals surface area contributed by atoms with E-state index in [1.807, 2.05) is 6.92 Å². The Bertz CT molecular complexity index is 568. The lowest BCUT2D eigenvalue weighted by atomic mass is 10.2. The number of carbonyl (C=O) groups is 1. The van der Waals surface area contributed by atoms with Crippen molar-refractivity contribution < 1.29 is 13.2 Å². The summed E-state index contributed by atoms with van der Waals surface area (Å²) in [4.78, 5) is 11.8. The Morgan fingerprint density at radius 1 is 1.55 bits per heavy atom. The van der Waals surface area contributed by atoms with E-state index in [0.29, 0.717) is 13.0 Å². The SMILES string of the molecule is CCNCc1cn(CC(=O)NC2CCS(=O)(=O)C2)nn1. The van der Waals surface area contributed by atoms with Crippen molar-refractivity contribution in [3.05, 3.63) is 11.9 Å². The van der Waals surface area contributed by atoms with Crippen LogP contribution in [0.4, 0.5) is 0 Å². The summed E-state index contributed by atoms with van der Waals surface area (Å²) in [6, 6.07) is -0.280. The number of carbonyl (C=O) groups excluding carboxylic acids is 1. The third-order valence-corrected chi connectivity index (χ3v) is 4.81. The number of rotatable bonds is 6. The molecule has 0 aromatic carbocycles. The lowest BCUT2D eigenvalue weighted by molar-refractivity contribution is -0.122. The number of amides is 1. The molecule has 2 rings (SSSR count). The fourth-order valence-electron chi connectivity index (χ4n) is 2.08. The first-order valence-electron chi connectivity index (χ1n) is 6.58. The zero-order chi connectivity index (χ0) is 14.6. The minimum atomic E-state index is -2.98. The lowest BCUT2D eigenvalue weighted by Gasteiger charge is -2.10. The fraction of sp³-hybridized carbons (Fsp3) is 0.727. The molecule has 9 heteroatoms. The second-order valence-electron chi connectivity index (χ2n) is 4.86. The van der Waals surface area contributed by atoms with E-state index >= 15 is 0 Å². The molecule has 0 saturated carbocycles. The molecule has 1 aliphatic rings. The molecule has 0 spiro atoms. The first-order chi connectivity index (χ1) is 9.48. The molecule has 0 aliphatic carbocycles. The molecular formula is C11H19N5O3S. The first-order valence-corrected chi connectivity index (χ1v) is 8.40. The molecule has 1 atom stereocenters. The van der Waals surface area contributed by atoms with Crippen LogP contribution in [-0.4, -0.2) is 53.4 Å². The summed E-state index contributed by atoms with van der Waals surface area (Å²) in [6.07, 6.45) is 2.19. The number of nitrogens with one attached hydrogen (secondary N) is 2. The number of aromatic nitrogens is 3. The van der Waals surface area contributed by atoms with Crippen molar-refractivity contribution in [3.63, 3.8) is 0 Å². The summed E-state index contributed by atoms with van der Waals surface area (Å²) in [5.41, 5.74) is 0.767. The van der Waals surface area contributed by atoms with E-state index in [4.69, 9.17) is 0 Å². The molecule has 0 bridgehead atoms. The van der Waals surface area contributed by atoms with Gasteiger partial charge in [0, 0.05) is 12.6 Å². The third-order valence-electron chi connectivity index (χ3n) is 3.05. The first kappa shape index (κ1) is 14.9. The number of hydrogen-bond donors (Lipinski definition) is 2. The highest BCUT2D eigenvalue weighted by molar-refractivity contribution is 7.91. The highest BCUT2D eigenvalue weighted by Gasteiger charge is 2.28. The van der Waals surface area contributed by atoms with E-state index in [9.17, 15) is 13.2 Å². The van der Waals surface area contributed by atoms with Crippen molar-refractivity contribution in [1.29, 1.82) is 0 Å². The van der Waals surface area contributed by atoms with Crippen molar-refractivity contribution in [2.24, 2.45) is 0 Å². The molecule has 1 amide bonds. The largest absolute Gasteiger partial charge is 0.351 e. The Morgan fingerprint density at radius 2 is 2.35 bits per heavy atom. The summed E-state index contributed by atoms with van der Waals surface area (Å²) >= 11 is 0. The average Bonchev–Trinajstić information content (AvgIpc) is 2.93. The molecular weight excluding hydrogens is 282 g/mol. The Labute approximate surface area is 117 Å². The van der Waals surface area contributed by atoms with Crippen LogP contribution < -0.4 is 10.6 Å². The molecule has 2 heterocycles. The highest BCUT2D eigenvalue weighted by atomic mass is 32.2. The standard InChI is InChI=1S/C11H19N5O3S/c1-2-12-5-10-6-16(15-14-10)7-11(17)13-9-3-4-20(18,19)8-9/h6,9,12H,2-5,7-8H2,1H3,(H,13,17). The Hall–Kier alpha value is -1.48. The second-order valence-corrected chi connectivity index (χ2v) is 7.08. The van der Waals surface area contributed by atoms with E-state index in [0.717, 1.165) is 12.2 Å². The van der Waals surface area contributed by atoms with Crippen LogP contribution in [-0.2, 0) is 27.7 Å². The summed E-state index contributed by atoms with van der Waals surface area (Å²) in [7, 11) is -2.98. The van der Waals surface area contributed by atoms with Crippen LogP contribution >= 0.6 is 0 Å². The number of nitrogens with zero attached hydrogens (tertiary/aromatic N) is 3.